The smallest absolute Gasteiger partial charge is 0.145 e. The van der Waals surface area contributed by atoms with Crippen LogP contribution in [-0.4, -0.2) is 14.1 Å². The summed E-state index contributed by atoms with van der Waals surface area (Å²) >= 11 is 0. The Bertz CT molecular complexity index is 3390. The van der Waals surface area contributed by atoms with Crippen molar-refractivity contribution in [3.05, 3.63) is 235 Å². The molecule has 9 aromatic carbocycles. The normalized spacial score (nSPS) is 13.2. The summed E-state index contributed by atoms with van der Waals surface area (Å²) in [5, 5.41) is 2.48. The van der Waals surface area contributed by atoms with E-state index >= 15 is 0 Å². The second-order valence-corrected chi connectivity index (χ2v) is 15.9. The summed E-state index contributed by atoms with van der Waals surface area (Å²) in [5.41, 5.74) is 20.1. The predicted octanol–water partition coefficient (Wildman–Crippen LogP) is 13.8. The fourth-order valence-corrected chi connectivity index (χ4v) is 10.6. The third kappa shape index (κ3) is 4.39. The maximum atomic E-state index is 5.39. The monoisotopic (exact) mass is 749 g/mol. The standard InChI is InChI=1S/C56H35N3/c1-2-16-39(17-3-1)59-54-29-15-12-26-51(54)57-55(59)38-32-37(33-40(34-38)58-52-27-13-7-21-45(52)46-22-8-14-28-53(46)58)36-30-31-44-43-20-6-11-25-49(43)56(50(44)35-36)47-23-9-4-18-41(47)42-19-5-10-24-48(42)56/h1-35H. The van der Waals surface area contributed by atoms with Gasteiger partial charge in [0.05, 0.1) is 27.5 Å². The topological polar surface area (TPSA) is 22.8 Å². The molecule has 0 atom stereocenters. The first-order valence-corrected chi connectivity index (χ1v) is 20.4. The van der Waals surface area contributed by atoms with Crippen LogP contribution in [0.25, 0.3) is 89.0 Å². The lowest BCUT2D eigenvalue weighted by Gasteiger charge is -2.30. The van der Waals surface area contributed by atoms with Crippen LogP contribution in [0.5, 0.6) is 0 Å². The average molecular weight is 750 g/mol. The van der Waals surface area contributed by atoms with Gasteiger partial charge < -0.3 is 4.57 Å². The highest BCUT2D eigenvalue weighted by molar-refractivity contribution is 6.09. The molecule has 0 N–H and O–H groups in total. The van der Waals surface area contributed by atoms with Crippen LogP contribution < -0.4 is 0 Å². The number of fused-ring (bicyclic) bond motifs is 14. The first kappa shape index (κ1) is 32.3. The minimum Gasteiger partial charge on any atom is -0.309 e. The molecular weight excluding hydrogens is 715 g/mol. The highest BCUT2D eigenvalue weighted by atomic mass is 15.1. The molecule has 0 amide bonds. The molecule has 0 saturated heterocycles. The third-order valence-corrected chi connectivity index (χ3v) is 12.9. The van der Waals surface area contributed by atoms with Crippen LogP contribution in [0.15, 0.2) is 212 Å². The Hall–Kier alpha value is -7.75. The number of hydrogen-bond acceptors (Lipinski definition) is 1. The van der Waals surface area contributed by atoms with Crippen molar-refractivity contribution in [1.29, 1.82) is 0 Å². The lowest BCUT2D eigenvalue weighted by molar-refractivity contribution is 0.794. The van der Waals surface area contributed by atoms with Crippen LogP contribution in [0, 0.1) is 0 Å². The zero-order valence-corrected chi connectivity index (χ0v) is 32.0. The minimum atomic E-state index is -0.427. The maximum absolute atomic E-state index is 5.39. The summed E-state index contributed by atoms with van der Waals surface area (Å²) in [6, 6.07) is 78.0. The average Bonchev–Trinajstić information content (AvgIpc) is 4.03. The molecule has 3 nitrogen and oxygen atoms in total. The van der Waals surface area contributed by atoms with Gasteiger partial charge in [-0.2, -0.15) is 0 Å². The Morgan fingerprint density at radius 3 is 1.47 bits per heavy atom. The van der Waals surface area contributed by atoms with Gasteiger partial charge in [-0.05, 0) is 116 Å². The first-order chi connectivity index (χ1) is 29.3. The van der Waals surface area contributed by atoms with Gasteiger partial charge >= 0.3 is 0 Å². The number of aromatic nitrogens is 3. The van der Waals surface area contributed by atoms with Crippen LogP contribution in [0.2, 0.25) is 0 Å². The molecule has 1 spiro atoms. The van der Waals surface area contributed by atoms with Gasteiger partial charge in [0.15, 0.2) is 0 Å². The Balaban J connectivity index is 1.12. The molecule has 3 heteroatoms. The Morgan fingerprint density at radius 1 is 0.322 bits per heavy atom. The zero-order valence-electron chi connectivity index (χ0n) is 32.0. The molecule has 0 fully saturated rings. The van der Waals surface area contributed by atoms with E-state index in [1.54, 1.807) is 0 Å². The number of imidazole rings is 1. The van der Waals surface area contributed by atoms with E-state index in [9.17, 15) is 0 Å². The van der Waals surface area contributed by atoms with Crippen molar-refractivity contribution in [2.24, 2.45) is 0 Å². The van der Waals surface area contributed by atoms with E-state index < -0.39 is 5.41 Å². The molecule has 2 aliphatic carbocycles. The van der Waals surface area contributed by atoms with Crippen LogP contribution in [0.3, 0.4) is 0 Å². The van der Waals surface area contributed by atoms with E-state index in [-0.39, 0.29) is 0 Å². The lowest BCUT2D eigenvalue weighted by Crippen LogP contribution is -2.25. The molecule has 0 aliphatic heterocycles. The fraction of sp³-hybridized carbons (Fsp3) is 0.0179. The summed E-state index contributed by atoms with van der Waals surface area (Å²) < 4.78 is 4.74. The molecule has 13 rings (SSSR count). The quantitative estimate of drug-likeness (QED) is 0.176. The zero-order chi connectivity index (χ0) is 38.7. The van der Waals surface area contributed by atoms with Gasteiger partial charge in [0.25, 0.3) is 0 Å². The SMILES string of the molecule is c1ccc(-n2c(-c3cc(-c4ccc5c(c4)C4(c6ccccc6-c6ccccc64)c4ccccc4-5)cc(-n4c5ccccc5c5ccccc54)c3)nc3ccccc32)cc1. The van der Waals surface area contributed by atoms with Gasteiger partial charge in [0.2, 0.25) is 0 Å². The summed E-state index contributed by atoms with van der Waals surface area (Å²) in [5.74, 6) is 0.907. The van der Waals surface area contributed by atoms with Crippen LogP contribution in [0.1, 0.15) is 22.3 Å². The fourth-order valence-electron chi connectivity index (χ4n) is 10.6. The molecule has 0 radical (unpaired) electrons. The van der Waals surface area contributed by atoms with Crippen LogP contribution in [0.4, 0.5) is 0 Å². The predicted molar refractivity (Wildman–Crippen MR) is 243 cm³/mol. The van der Waals surface area contributed by atoms with Crippen LogP contribution >= 0.6 is 0 Å². The van der Waals surface area contributed by atoms with Crippen molar-refractivity contribution in [2.75, 3.05) is 0 Å². The van der Waals surface area contributed by atoms with Gasteiger partial charge in [-0.15, -0.1) is 0 Å². The van der Waals surface area contributed by atoms with Crippen molar-refractivity contribution in [2.45, 2.75) is 5.41 Å². The second kappa shape index (κ2) is 12.1. The van der Waals surface area contributed by atoms with Gasteiger partial charge in [-0.1, -0.05) is 152 Å². The van der Waals surface area contributed by atoms with Crippen molar-refractivity contribution < 1.29 is 0 Å². The van der Waals surface area contributed by atoms with Crippen molar-refractivity contribution in [3.8, 4) is 56.1 Å². The molecule has 11 aromatic rings. The highest BCUT2D eigenvalue weighted by Gasteiger charge is 2.51. The Labute approximate surface area is 341 Å². The van der Waals surface area contributed by atoms with Crippen molar-refractivity contribution >= 4 is 32.8 Å². The van der Waals surface area contributed by atoms with E-state index in [1.165, 1.54) is 71.9 Å². The summed E-state index contributed by atoms with van der Waals surface area (Å²) in [6.45, 7) is 0. The summed E-state index contributed by atoms with van der Waals surface area (Å²) in [7, 11) is 0. The molecule has 274 valence electrons. The van der Waals surface area contributed by atoms with E-state index in [1.807, 2.05) is 0 Å². The van der Waals surface area contributed by atoms with E-state index in [4.69, 9.17) is 4.98 Å². The van der Waals surface area contributed by atoms with Crippen LogP contribution in [-0.2, 0) is 5.41 Å². The van der Waals surface area contributed by atoms with Gasteiger partial charge in [0.1, 0.15) is 5.82 Å². The lowest BCUT2D eigenvalue weighted by atomic mass is 9.70. The number of rotatable bonds is 4. The third-order valence-electron chi connectivity index (χ3n) is 12.9. The summed E-state index contributed by atoms with van der Waals surface area (Å²) in [6.07, 6.45) is 0. The van der Waals surface area contributed by atoms with Crippen molar-refractivity contribution in [3.63, 3.8) is 0 Å². The summed E-state index contributed by atoms with van der Waals surface area (Å²) in [4.78, 5) is 5.39. The minimum absolute atomic E-state index is 0.427. The molecule has 2 aliphatic rings. The van der Waals surface area contributed by atoms with E-state index in [0.29, 0.717) is 0 Å². The Kier molecular flexibility index (Phi) is 6.65. The maximum Gasteiger partial charge on any atom is 0.145 e. The van der Waals surface area contributed by atoms with Gasteiger partial charge in [0, 0.05) is 27.7 Å². The van der Waals surface area contributed by atoms with E-state index in [2.05, 4.69) is 221 Å². The number of para-hydroxylation sites is 5. The van der Waals surface area contributed by atoms with Gasteiger partial charge in [-0.25, -0.2) is 4.98 Å². The second-order valence-electron chi connectivity index (χ2n) is 15.9. The molecule has 0 saturated carbocycles. The molecular formula is C56H35N3. The largest absolute Gasteiger partial charge is 0.309 e. The molecule has 59 heavy (non-hydrogen) atoms. The highest BCUT2D eigenvalue weighted by Crippen LogP contribution is 2.63. The van der Waals surface area contributed by atoms with Gasteiger partial charge in [-0.3, -0.25) is 4.57 Å². The number of nitrogens with zero attached hydrogens (tertiary/aromatic N) is 3. The van der Waals surface area contributed by atoms with Crippen molar-refractivity contribution in [1.82, 2.24) is 14.1 Å². The first-order valence-electron chi connectivity index (χ1n) is 20.4. The number of benzene rings is 9. The Morgan fingerprint density at radius 2 is 0.831 bits per heavy atom. The number of hydrogen-bond donors (Lipinski definition) is 0. The van der Waals surface area contributed by atoms with E-state index in [0.717, 1.165) is 39.4 Å². The molecule has 0 unspecified atom stereocenters. The molecule has 2 aromatic heterocycles. The molecule has 2 heterocycles. The molecule has 0 bridgehead atoms.